The molecule has 76 heavy (non-hydrogen) atoms. The smallest absolute Gasteiger partial charge is 0.143 e. The molecule has 360 valence electrons. The first-order chi connectivity index (χ1) is 37.2. The molecule has 0 bridgehead atoms. The summed E-state index contributed by atoms with van der Waals surface area (Å²) in [7, 11) is 0. The maximum Gasteiger partial charge on any atom is 0.143 e. The molecule has 0 aliphatic heterocycles. The first-order valence-corrected chi connectivity index (χ1v) is 26.4. The van der Waals surface area contributed by atoms with Crippen LogP contribution in [0.3, 0.4) is 0 Å². The molecule has 2 aliphatic carbocycles. The van der Waals surface area contributed by atoms with Crippen molar-refractivity contribution in [1.82, 2.24) is 0 Å². The van der Waals surface area contributed by atoms with Crippen molar-refractivity contribution in [1.29, 1.82) is 0 Å². The van der Waals surface area contributed by atoms with Gasteiger partial charge < -0.3 is 18.2 Å². The molecule has 0 unspecified atom stereocenters. The van der Waals surface area contributed by atoms with Gasteiger partial charge >= 0.3 is 0 Å². The van der Waals surface area contributed by atoms with Crippen molar-refractivity contribution < 1.29 is 13.3 Å². The summed E-state index contributed by atoms with van der Waals surface area (Å²) < 4.78 is 20.5. The molecule has 0 spiro atoms. The quantitative estimate of drug-likeness (QED) is 0.167. The van der Waals surface area contributed by atoms with E-state index in [2.05, 4.69) is 257 Å². The van der Waals surface area contributed by atoms with Crippen LogP contribution in [0.15, 0.2) is 238 Å². The number of rotatable bonds is 6. The average molecular weight is 976 g/mol. The molecule has 0 saturated carbocycles. The summed E-state index contributed by atoms with van der Waals surface area (Å²) in [6.45, 7) is 9.56. The van der Waals surface area contributed by atoms with E-state index in [1.165, 1.54) is 55.3 Å². The van der Waals surface area contributed by atoms with E-state index in [9.17, 15) is 0 Å². The van der Waals surface area contributed by atoms with E-state index in [1.54, 1.807) is 0 Å². The number of anilines is 3. The zero-order valence-corrected chi connectivity index (χ0v) is 42.5. The molecule has 0 atom stereocenters. The van der Waals surface area contributed by atoms with Crippen LogP contribution in [0.1, 0.15) is 49.9 Å². The van der Waals surface area contributed by atoms with E-state index in [0.717, 1.165) is 105 Å². The summed E-state index contributed by atoms with van der Waals surface area (Å²) >= 11 is 0. The Morgan fingerprint density at radius 2 is 0.697 bits per heavy atom. The Hall–Kier alpha value is -9.38. The van der Waals surface area contributed by atoms with Gasteiger partial charge in [0.15, 0.2) is 0 Å². The van der Waals surface area contributed by atoms with Crippen LogP contribution in [0.25, 0.3) is 121 Å². The lowest BCUT2D eigenvalue weighted by atomic mass is 9.80. The summed E-state index contributed by atoms with van der Waals surface area (Å²) in [6.07, 6.45) is 0. The minimum absolute atomic E-state index is 0.349. The van der Waals surface area contributed by atoms with Crippen LogP contribution in [0.2, 0.25) is 0 Å². The summed E-state index contributed by atoms with van der Waals surface area (Å²) in [5, 5.41) is 6.77. The van der Waals surface area contributed by atoms with E-state index in [1.807, 2.05) is 0 Å². The standard InChI is InChI=1S/C72H49NO3/c1-71(2)57-38-46(31-34-50(57)64-59(71)40-54(43-21-10-6-11-22-43)69-66(64)52-25-14-16-29-61(52)75-69)73(45-33-36-63-56(37-45)49-28-18-27-48(68(49)74-63)42-19-8-5-9-20-42)47-32-35-51-58(39-47)72(3,4)60-41-55(44-23-12-7-13-24-44)70-67(65(51)60)53-26-15-17-30-62(53)76-70/h5-41H,1-4H3. The fraction of sp³-hybridized carbons (Fsp3) is 0.0833. The van der Waals surface area contributed by atoms with Gasteiger partial charge in [0.25, 0.3) is 0 Å². The molecule has 4 heteroatoms. The number of hydrogen-bond donors (Lipinski definition) is 0. The van der Waals surface area contributed by atoms with E-state index in [-0.39, 0.29) is 10.8 Å². The first-order valence-electron chi connectivity index (χ1n) is 26.4. The third-order valence-electron chi connectivity index (χ3n) is 17.0. The normalized spacial score (nSPS) is 14.0. The summed E-state index contributed by atoms with van der Waals surface area (Å²) in [5.41, 5.74) is 24.8. The molecule has 0 radical (unpaired) electrons. The van der Waals surface area contributed by atoms with Gasteiger partial charge in [-0.15, -0.1) is 0 Å². The monoisotopic (exact) mass is 975 g/mol. The Bertz CT molecular complexity index is 4520. The fourth-order valence-corrected chi connectivity index (χ4v) is 13.3. The summed E-state index contributed by atoms with van der Waals surface area (Å²) in [4.78, 5) is 2.47. The first kappa shape index (κ1) is 43.1. The van der Waals surface area contributed by atoms with Crippen molar-refractivity contribution in [3.05, 3.63) is 247 Å². The molecule has 16 rings (SSSR count). The van der Waals surface area contributed by atoms with Crippen LogP contribution in [0.4, 0.5) is 17.1 Å². The molecule has 11 aromatic carbocycles. The van der Waals surface area contributed by atoms with Crippen LogP contribution < -0.4 is 4.90 Å². The molecule has 3 heterocycles. The van der Waals surface area contributed by atoms with Crippen molar-refractivity contribution in [2.45, 2.75) is 38.5 Å². The Morgan fingerprint density at radius 1 is 0.289 bits per heavy atom. The highest BCUT2D eigenvalue weighted by Crippen LogP contribution is 2.59. The summed E-state index contributed by atoms with van der Waals surface area (Å²) in [5.74, 6) is 0. The van der Waals surface area contributed by atoms with E-state index in [0.29, 0.717) is 0 Å². The van der Waals surface area contributed by atoms with Crippen LogP contribution in [-0.4, -0.2) is 0 Å². The lowest BCUT2D eigenvalue weighted by Crippen LogP contribution is -2.18. The van der Waals surface area contributed by atoms with Gasteiger partial charge in [-0.2, -0.15) is 0 Å². The number of hydrogen-bond acceptors (Lipinski definition) is 4. The molecule has 0 fully saturated rings. The van der Waals surface area contributed by atoms with E-state index >= 15 is 0 Å². The van der Waals surface area contributed by atoms with Gasteiger partial charge in [0.2, 0.25) is 0 Å². The second-order valence-corrected chi connectivity index (χ2v) is 21.9. The predicted molar refractivity (Wildman–Crippen MR) is 314 cm³/mol. The number of fused-ring (bicyclic) bond motifs is 17. The SMILES string of the molecule is CC1(C)c2cc(N(c3ccc4c(c3)C(C)(C)c3cc(-c5ccccc5)c5oc6ccccc6c5c3-4)c3ccc4oc5c(-c6ccccc6)cccc5c4c3)ccc2-c2c1cc(-c1ccccc1)c1oc3ccccc3c21. The zero-order chi connectivity index (χ0) is 50.6. The van der Waals surface area contributed by atoms with Crippen LogP contribution in [0, 0.1) is 0 Å². The van der Waals surface area contributed by atoms with Gasteiger partial charge in [-0.25, -0.2) is 0 Å². The second-order valence-electron chi connectivity index (χ2n) is 21.9. The van der Waals surface area contributed by atoms with Crippen molar-refractivity contribution in [2.75, 3.05) is 4.90 Å². The fourth-order valence-electron chi connectivity index (χ4n) is 13.3. The minimum atomic E-state index is -0.349. The summed E-state index contributed by atoms with van der Waals surface area (Å²) in [6, 6.07) is 81.3. The van der Waals surface area contributed by atoms with Gasteiger partial charge in [0.05, 0.1) is 0 Å². The van der Waals surface area contributed by atoms with Crippen molar-refractivity contribution in [3.63, 3.8) is 0 Å². The molecule has 4 nitrogen and oxygen atoms in total. The highest BCUT2D eigenvalue weighted by atomic mass is 16.3. The van der Waals surface area contributed by atoms with Gasteiger partial charge in [-0.3, -0.25) is 0 Å². The van der Waals surface area contributed by atoms with Gasteiger partial charge in [-0.05, 0) is 128 Å². The van der Waals surface area contributed by atoms with Crippen LogP contribution >= 0.6 is 0 Å². The van der Waals surface area contributed by atoms with Gasteiger partial charge in [0, 0.05) is 76.9 Å². The Balaban J connectivity index is 0.925. The van der Waals surface area contributed by atoms with Crippen molar-refractivity contribution >= 4 is 82.9 Å². The largest absolute Gasteiger partial charge is 0.455 e. The Morgan fingerprint density at radius 3 is 1.21 bits per heavy atom. The highest BCUT2D eigenvalue weighted by molar-refractivity contribution is 6.20. The topological polar surface area (TPSA) is 42.7 Å². The minimum Gasteiger partial charge on any atom is -0.455 e. The molecule has 2 aliphatic rings. The number of nitrogens with zero attached hydrogens (tertiary/aromatic N) is 1. The van der Waals surface area contributed by atoms with Gasteiger partial charge in [0.1, 0.15) is 33.5 Å². The second kappa shape index (κ2) is 15.6. The van der Waals surface area contributed by atoms with Gasteiger partial charge in [-0.1, -0.05) is 185 Å². The third-order valence-corrected chi connectivity index (χ3v) is 17.0. The molecule has 0 saturated heterocycles. The lowest BCUT2D eigenvalue weighted by Gasteiger charge is -2.30. The Kier molecular flexibility index (Phi) is 8.83. The maximum absolute atomic E-state index is 6.84. The predicted octanol–water partition coefficient (Wildman–Crippen LogP) is 20.5. The number of furan rings is 3. The third kappa shape index (κ3) is 5.95. The van der Waals surface area contributed by atoms with Crippen molar-refractivity contribution in [2.24, 2.45) is 0 Å². The Labute approximate surface area is 439 Å². The molecular weight excluding hydrogens is 927 g/mol. The lowest BCUT2D eigenvalue weighted by molar-refractivity contribution is 0.657. The average Bonchev–Trinajstić information content (AvgIpc) is 4.32. The van der Waals surface area contributed by atoms with Crippen LogP contribution in [0.5, 0.6) is 0 Å². The zero-order valence-electron chi connectivity index (χ0n) is 42.5. The maximum atomic E-state index is 6.84. The van der Waals surface area contributed by atoms with Crippen molar-refractivity contribution in [3.8, 4) is 55.6 Å². The van der Waals surface area contributed by atoms with E-state index in [4.69, 9.17) is 13.3 Å². The molecular formula is C72H49NO3. The highest BCUT2D eigenvalue weighted by Gasteiger charge is 2.41. The number of benzene rings is 11. The molecule has 14 aromatic rings. The molecule has 0 amide bonds. The molecule has 0 N–H and O–H groups in total. The van der Waals surface area contributed by atoms with Crippen LogP contribution in [-0.2, 0) is 10.8 Å². The van der Waals surface area contributed by atoms with E-state index < -0.39 is 0 Å². The number of para-hydroxylation sites is 3. The molecule has 3 aromatic heterocycles.